The molecule has 1 fully saturated rings. The molecular formula is C16H20N4O2S. The molecule has 6 nitrogen and oxygen atoms in total. The largest absolute Gasteiger partial charge is 0.339 e. The molecule has 23 heavy (non-hydrogen) atoms. The van der Waals surface area contributed by atoms with Gasteiger partial charge in [-0.15, -0.1) is 11.8 Å². The van der Waals surface area contributed by atoms with Gasteiger partial charge in [-0.25, -0.2) is 4.79 Å². The molecule has 1 aromatic heterocycles. The van der Waals surface area contributed by atoms with Crippen molar-refractivity contribution in [3.8, 4) is 0 Å². The molecule has 1 saturated carbocycles. The van der Waals surface area contributed by atoms with Gasteiger partial charge in [-0.05, 0) is 31.2 Å². The van der Waals surface area contributed by atoms with Gasteiger partial charge in [0, 0.05) is 23.8 Å². The first kappa shape index (κ1) is 15.9. The van der Waals surface area contributed by atoms with Crippen LogP contribution in [0.25, 0.3) is 0 Å². The highest BCUT2D eigenvalue weighted by atomic mass is 32.2. The van der Waals surface area contributed by atoms with E-state index < -0.39 is 0 Å². The maximum atomic E-state index is 11.9. The Kier molecular flexibility index (Phi) is 5.17. The number of aromatic nitrogens is 2. The molecule has 0 bridgehead atoms. The first-order valence-corrected chi connectivity index (χ1v) is 8.99. The molecule has 1 aromatic carbocycles. The van der Waals surface area contributed by atoms with Crippen molar-refractivity contribution >= 4 is 23.5 Å². The number of rotatable bonds is 6. The Morgan fingerprint density at radius 1 is 1.39 bits per heavy atom. The first-order valence-electron chi connectivity index (χ1n) is 7.76. The number of urea groups is 1. The van der Waals surface area contributed by atoms with E-state index in [1.54, 1.807) is 11.8 Å². The summed E-state index contributed by atoms with van der Waals surface area (Å²) >= 11 is 1.60. The summed E-state index contributed by atoms with van der Waals surface area (Å²) < 4.78 is 5.26. The van der Waals surface area contributed by atoms with Gasteiger partial charge in [-0.2, -0.15) is 4.98 Å². The maximum absolute atomic E-state index is 11.9. The molecule has 1 aliphatic carbocycles. The van der Waals surface area contributed by atoms with E-state index in [0.29, 0.717) is 24.7 Å². The molecule has 3 rings (SSSR count). The monoisotopic (exact) mass is 332 g/mol. The fraction of sp³-hybridized carbons (Fsp3) is 0.438. The van der Waals surface area contributed by atoms with Crippen LogP contribution < -0.4 is 10.6 Å². The van der Waals surface area contributed by atoms with Crippen molar-refractivity contribution in [3.05, 3.63) is 36.0 Å². The minimum Gasteiger partial charge on any atom is -0.339 e. The average molecular weight is 332 g/mol. The van der Waals surface area contributed by atoms with Crippen LogP contribution >= 0.6 is 11.8 Å². The van der Waals surface area contributed by atoms with Crippen LogP contribution in [0.3, 0.4) is 0 Å². The highest BCUT2D eigenvalue weighted by Gasteiger charge is 2.25. The van der Waals surface area contributed by atoms with Gasteiger partial charge in [0.15, 0.2) is 5.82 Å². The molecule has 1 aliphatic rings. The zero-order valence-electron chi connectivity index (χ0n) is 13.0. The SMILES string of the molecule is CSc1ccccc1NC(=O)NCCc1noc(C2CCC2)n1. The molecule has 0 spiro atoms. The van der Waals surface area contributed by atoms with E-state index in [9.17, 15) is 4.79 Å². The zero-order chi connectivity index (χ0) is 16.1. The quantitative estimate of drug-likeness (QED) is 0.792. The first-order chi connectivity index (χ1) is 11.3. The summed E-state index contributed by atoms with van der Waals surface area (Å²) in [6, 6.07) is 7.48. The van der Waals surface area contributed by atoms with Crippen LogP contribution in [0.15, 0.2) is 33.7 Å². The number of para-hydroxylation sites is 1. The van der Waals surface area contributed by atoms with Crippen LogP contribution in [0, 0.1) is 0 Å². The minimum atomic E-state index is -0.228. The third-order valence-electron chi connectivity index (χ3n) is 3.93. The second-order valence-electron chi connectivity index (χ2n) is 5.51. The molecule has 122 valence electrons. The highest BCUT2D eigenvalue weighted by Crippen LogP contribution is 2.35. The third-order valence-corrected chi connectivity index (χ3v) is 4.72. The predicted octanol–water partition coefficient (Wildman–Crippen LogP) is 3.42. The summed E-state index contributed by atoms with van der Waals surface area (Å²) in [5.41, 5.74) is 0.810. The highest BCUT2D eigenvalue weighted by molar-refractivity contribution is 7.98. The number of carbonyl (C=O) groups is 1. The molecular weight excluding hydrogens is 312 g/mol. The minimum absolute atomic E-state index is 0.228. The van der Waals surface area contributed by atoms with Crippen LogP contribution in [0.1, 0.15) is 36.9 Å². The molecule has 0 atom stereocenters. The number of nitrogens with zero attached hydrogens (tertiary/aromatic N) is 2. The van der Waals surface area contributed by atoms with Crippen molar-refractivity contribution in [3.63, 3.8) is 0 Å². The fourth-order valence-corrected chi connectivity index (χ4v) is 2.95. The van der Waals surface area contributed by atoms with Gasteiger partial charge in [0.1, 0.15) is 0 Å². The van der Waals surface area contributed by atoms with Gasteiger partial charge in [0.05, 0.1) is 5.69 Å². The molecule has 1 heterocycles. The Balaban J connectivity index is 1.44. The second-order valence-corrected chi connectivity index (χ2v) is 6.36. The molecule has 2 N–H and O–H groups in total. The summed E-state index contributed by atoms with van der Waals surface area (Å²) in [6.07, 6.45) is 6.05. The summed E-state index contributed by atoms with van der Waals surface area (Å²) in [5, 5.41) is 9.64. The van der Waals surface area contributed by atoms with E-state index in [1.807, 2.05) is 30.5 Å². The predicted molar refractivity (Wildman–Crippen MR) is 89.8 cm³/mol. The van der Waals surface area contributed by atoms with Gasteiger partial charge in [-0.1, -0.05) is 23.7 Å². The summed E-state index contributed by atoms with van der Waals surface area (Å²) in [6.45, 7) is 0.469. The van der Waals surface area contributed by atoms with Crippen molar-refractivity contribution in [1.29, 1.82) is 0 Å². The Labute approximate surface area is 139 Å². The average Bonchev–Trinajstić information content (AvgIpc) is 2.94. The Morgan fingerprint density at radius 2 is 2.22 bits per heavy atom. The van der Waals surface area contributed by atoms with Crippen LogP contribution in [0.5, 0.6) is 0 Å². The van der Waals surface area contributed by atoms with Crippen LogP contribution in [0.2, 0.25) is 0 Å². The van der Waals surface area contributed by atoms with E-state index in [2.05, 4.69) is 20.8 Å². The molecule has 7 heteroatoms. The number of anilines is 1. The molecule has 0 aliphatic heterocycles. The van der Waals surface area contributed by atoms with Gasteiger partial charge in [0.2, 0.25) is 5.89 Å². The molecule has 2 aromatic rings. The lowest BCUT2D eigenvalue weighted by molar-refractivity contribution is 0.252. The summed E-state index contributed by atoms with van der Waals surface area (Å²) in [7, 11) is 0. The lowest BCUT2D eigenvalue weighted by atomic mass is 9.85. The van der Waals surface area contributed by atoms with E-state index in [0.717, 1.165) is 29.3 Å². The van der Waals surface area contributed by atoms with E-state index in [1.165, 1.54) is 6.42 Å². The number of benzene rings is 1. The number of nitrogens with one attached hydrogen (secondary N) is 2. The van der Waals surface area contributed by atoms with Gasteiger partial charge >= 0.3 is 6.03 Å². The normalized spacial score (nSPS) is 14.3. The standard InChI is InChI=1S/C16H20N4O2S/c1-23-13-8-3-2-7-12(13)18-16(21)17-10-9-14-19-15(22-20-14)11-5-4-6-11/h2-3,7-8,11H,4-6,9-10H2,1H3,(H2,17,18,21). The Bertz CT molecular complexity index is 670. The number of hydrogen-bond donors (Lipinski definition) is 2. The van der Waals surface area contributed by atoms with E-state index in [-0.39, 0.29) is 6.03 Å². The molecule has 0 saturated heterocycles. The van der Waals surface area contributed by atoms with E-state index >= 15 is 0 Å². The second kappa shape index (κ2) is 7.50. The smallest absolute Gasteiger partial charge is 0.319 e. The van der Waals surface area contributed by atoms with Crippen LogP contribution in [-0.2, 0) is 6.42 Å². The number of hydrogen-bond acceptors (Lipinski definition) is 5. The summed E-state index contributed by atoms with van der Waals surface area (Å²) in [4.78, 5) is 17.4. The molecule has 0 unspecified atom stereocenters. The molecule has 0 radical (unpaired) electrons. The fourth-order valence-electron chi connectivity index (χ4n) is 2.39. The molecule has 2 amide bonds. The van der Waals surface area contributed by atoms with Crippen molar-refractivity contribution in [2.24, 2.45) is 0 Å². The van der Waals surface area contributed by atoms with E-state index in [4.69, 9.17) is 4.52 Å². The van der Waals surface area contributed by atoms with Gasteiger partial charge < -0.3 is 15.2 Å². The van der Waals surface area contributed by atoms with Gasteiger partial charge in [0.25, 0.3) is 0 Å². The third kappa shape index (κ3) is 4.04. The number of amides is 2. The zero-order valence-corrected chi connectivity index (χ0v) is 13.9. The topological polar surface area (TPSA) is 80.0 Å². The van der Waals surface area contributed by atoms with Crippen LogP contribution in [0.4, 0.5) is 10.5 Å². The van der Waals surface area contributed by atoms with Crippen molar-refractivity contribution in [1.82, 2.24) is 15.5 Å². The Morgan fingerprint density at radius 3 is 2.96 bits per heavy atom. The van der Waals surface area contributed by atoms with Crippen molar-refractivity contribution in [2.45, 2.75) is 36.5 Å². The van der Waals surface area contributed by atoms with Crippen molar-refractivity contribution < 1.29 is 9.32 Å². The van der Waals surface area contributed by atoms with Crippen LogP contribution in [-0.4, -0.2) is 29.0 Å². The lowest BCUT2D eigenvalue weighted by Crippen LogP contribution is -2.30. The maximum Gasteiger partial charge on any atom is 0.319 e. The van der Waals surface area contributed by atoms with Crippen molar-refractivity contribution in [2.75, 3.05) is 18.1 Å². The number of carbonyl (C=O) groups excluding carboxylic acids is 1. The lowest BCUT2D eigenvalue weighted by Gasteiger charge is -2.20. The Hall–Kier alpha value is -2.02. The van der Waals surface area contributed by atoms with Gasteiger partial charge in [-0.3, -0.25) is 0 Å². The number of thioether (sulfide) groups is 1. The summed E-state index contributed by atoms with van der Waals surface area (Å²) in [5.74, 6) is 1.83.